The SMILES string of the molecule is C=CC[C@@]1(O)C=C2c3ccccc3CC(C)(C)N2C1=O. The predicted molar refractivity (Wildman–Crippen MR) is 78.8 cm³/mol. The van der Waals surface area contributed by atoms with Crippen LogP contribution in [0.4, 0.5) is 0 Å². The molecule has 3 nitrogen and oxygen atoms in total. The summed E-state index contributed by atoms with van der Waals surface area (Å²) in [6.45, 7) is 7.71. The topological polar surface area (TPSA) is 40.5 Å². The summed E-state index contributed by atoms with van der Waals surface area (Å²) >= 11 is 0. The van der Waals surface area contributed by atoms with Gasteiger partial charge >= 0.3 is 0 Å². The van der Waals surface area contributed by atoms with E-state index >= 15 is 0 Å². The van der Waals surface area contributed by atoms with Crippen LogP contribution in [0, 0.1) is 0 Å². The Labute approximate surface area is 119 Å². The van der Waals surface area contributed by atoms with E-state index in [1.54, 1.807) is 17.1 Å². The summed E-state index contributed by atoms with van der Waals surface area (Å²) in [5, 5.41) is 10.6. The van der Waals surface area contributed by atoms with Crippen molar-refractivity contribution in [3.05, 3.63) is 54.1 Å². The smallest absolute Gasteiger partial charge is 0.263 e. The van der Waals surface area contributed by atoms with Gasteiger partial charge in [-0.15, -0.1) is 6.58 Å². The highest BCUT2D eigenvalue weighted by Crippen LogP contribution is 2.45. The lowest BCUT2D eigenvalue weighted by Crippen LogP contribution is -2.53. The minimum atomic E-state index is -1.45. The van der Waals surface area contributed by atoms with Gasteiger partial charge in [0.25, 0.3) is 5.91 Å². The van der Waals surface area contributed by atoms with Gasteiger partial charge in [0.15, 0.2) is 5.60 Å². The fourth-order valence-corrected chi connectivity index (χ4v) is 3.29. The van der Waals surface area contributed by atoms with Crippen molar-refractivity contribution in [2.24, 2.45) is 0 Å². The lowest BCUT2D eigenvalue weighted by Gasteiger charge is -2.43. The third-order valence-corrected chi connectivity index (χ3v) is 4.17. The van der Waals surface area contributed by atoms with E-state index in [0.29, 0.717) is 0 Å². The van der Waals surface area contributed by atoms with Crippen LogP contribution in [0.1, 0.15) is 31.4 Å². The van der Waals surface area contributed by atoms with Gasteiger partial charge in [-0.1, -0.05) is 30.3 Å². The minimum Gasteiger partial charge on any atom is -0.375 e. The van der Waals surface area contributed by atoms with E-state index in [4.69, 9.17) is 0 Å². The van der Waals surface area contributed by atoms with Crippen molar-refractivity contribution in [1.29, 1.82) is 0 Å². The van der Waals surface area contributed by atoms with Crippen molar-refractivity contribution in [3.8, 4) is 0 Å². The molecule has 2 aliphatic heterocycles. The van der Waals surface area contributed by atoms with Crippen molar-refractivity contribution in [3.63, 3.8) is 0 Å². The van der Waals surface area contributed by atoms with Gasteiger partial charge in [0.2, 0.25) is 0 Å². The Morgan fingerprint density at radius 1 is 1.40 bits per heavy atom. The molecule has 1 aromatic rings. The largest absolute Gasteiger partial charge is 0.375 e. The van der Waals surface area contributed by atoms with Crippen molar-refractivity contribution >= 4 is 11.6 Å². The Kier molecular flexibility index (Phi) is 2.67. The molecule has 0 radical (unpaired) electrons. The molecule has 3 heteroatoms. The summed E-state index contributed by atoms with van der Waals surface area (Å²) in [4.78, 5) is 14.4. The normalized spacial score (nSPS) is 26.9. The minimum absolute atomic E-state index is 0.240. The van der Waals surface area contributed by atoms with Crippen molar-refractivity contribution in [1.82, 2.24) is 4.90 Å². The molecule has 1 amide bonds. The number of fused-ring (bicyclic) bond motifs is 3. The van der Waals surface area contributed by atoms with E-state index in [1.807, 2.05) is 32.0 Å². The van der Waals surface area contributed by atoms with E-state index in [2.05, 4.69) is 12.6 Å². The average Bonchev–Trinajstić information content (AvgIpc) is 2.63. The first-order chi connectivity index (χ1) is 9.39. The molecule has 1 N–H and O–H groups in total. The molecule has 0 spiro atoms. The molecule has 2 heterocycles. The number of benzene rings is 1. The number of hydrogen-bond donors (Lipinski definition) is 1. The third-order valence-electron chi connectivity index (χ3n) is 4.17. The third kappa shape index (κ3) is 1.66. The van der Waals surface area contributed by atoms with Gasteiger partial charge in [-0.05, 0) is 31.9 Å². The van der Waals surface area contributed by atoms with E-state index < -0.39 is 5.60 Å². The monoisotopic (exact) mass is 269 g/mol. The summed E-state index contributed by atoms with van der Waals surface area (Å²) < 4.78 is 0. The molecule has 1 atom stereocenters. The van der Waals surface area contributed by atoms with Gasteiger partial charge in [0.05, 0.1) is 5.70 Å². The molecule has 0 aliphatic carbocycles. The van der Waals surface area contributed by atoms with Crippen LogP contribution in [-0.2, 0) is 11.2 Å². The van der Waals surface area contributed by atoms with Crippen LogP contribution in [0.2, 0.25) is 0 Å². The predicted octanol–water partition coefficient (Wildman–Crippen LogP) is 2.51. The van der Waals surface area contributed by atoms with Crippen molar-refractivity contribution < 1.29 is 9.90 Å². The molecule has 0 aromatic heterocycles. The number of hydrogen-bond acceptors (Lipinski definition) is 2. The molecule has 0 fully saturated rings. The zero-order valence-electron chi connectivity index (χ0n) is 11.9. The van der Waals surface area contributed by atoms with Crippen LogP contribution in [0.3, 0.4) is 0 Å². The van der Waals surface area contributed by atoms with E-state index in [1.165, 1.54) is 5.56 Å². The Bertz CT molecular complexity index is 630. The maximum absolute atomic E-state index is 12.7. The van der Waals surface area contributed by atoms with Crippen molar-refractivity contribution in [2.45, 2.75) is 37.8 Å². The summed E-state index contributed by atoms with van der Waals surface area (Å²) in [5.74, 6) is -0.244. The fourth-order valence-electron chi connectivity index (χ4n) is 3.29. The fraction of sp³-hybridized carbons (Fsp3) is 0.353. The molecule has 0 saturated heterocycles. The molecule has 2 aliphatic rings. The molecule has 0 unspecified atom stereocenters. The van der Waals surface area contributed by atoms with Gasteiger partial charge < -0.3 is 10.0 Å². The van der Waals surface area contributed by atoms with Gasteiger partial charge in [0, 0.05) is 17.5 Å². The maximum Gasteiger partial charge on any atom is 0.263 e. The number of carbonyl (C=O) groups excluding carboxylic acids is 1. The molecule has 3 rings (SSSR count). The second-order valence-corrected chi connectivity index (χ2v) is 6.23. The second-order valence-electron chi connectivity index (χ2n) is 6.23. The van der Waals surface area contributed by atoms with Gasteiger partial charge in [0.1, 0.15) is 0 Å². The quantitative estimate of drug-likeness (QED) is 0.838. The summed E-state index contributed by atoms with van der Waals surface area (Å²) in [6, 6.07) is 8.07. The molecule has 20 heavy (non-hydrogen) atoms. The molecule has 0 saturated carbocycles. The molecular weight excluding hydrogens is 250 g/mol. The summed E-state index contributed by atoms with van der Waals surface area (Å²) in [7, 11) is 0. The van der Waals surface area contributed by atoms with E-state index in [9.17, 15) is 9.90 Å². The average molecular weight is 269 g/mol. The molecule has 0 bridgehead atoms. The first-order valence-corrected chi connectivity index (χ1v) is 6.88. The molecule has 104 valence electrons. The Morgan fingerprint density at radius 3 is 2.80 bits per heavy atom. The number of nitrogens with zero attached hydrogens (tertiary/aromatic N) is 1. The van der Waals surface area contributed by atoms with E-state index in [0.717, 1.165) is 17.7 Å². The Balaban J connectivity index is 2.20. The number of rotatable bonds is 2. The van der Waals surface area contributed by atoms with Gasteiger partial charge in [-0.3, -0.25) is 4.79 Å². The van der Waals surface area contributed by atoms with Gasteiger partial charge in [-0.25, -0.2) is 0 Å². The van der Waals surface area contributed by atoms with Crippen LogP contribution < -0.4 is 0 Å². The highest BCUT2D eigenvalue weighted by molar-refractivity contribution is 6.02. The number of amides is 1. The number of carbonyl (C=O) groups is 1. The number of aliphatic hydroxyl groups is 1. The van der Waals surface area contributed by atoms with E-state index in [-0.39, 0.29) is 17.9 Å². The highest BCUT2D eigenvalue weighted by atomic mass is 16.3. The van der Waals surface area contributed by atoms with Gasteiger partial charge in [-0.2, -0.15) is 0 Å². The lowest BCUT2D eigenvalue weighted by molar-refractivity contribution is -0.144. The van der Waals surface area contributed by atoms with Crippen LogP contribution in [0.25, 0.3) is 5.70 Å². The first kappa shape index (κ1) is 13.1. The molecular formula is C17H19NO2. The molecule has 1 aromatic carbocycles. The van der Waals surface area contributed by atoms with Crippen LogP contribution >= 0.6 is 0 Å². The maximum atomic E-state index is 12.7. The standard InChI is InChI=1S/C17H19NO2/c1-4-9-17(20)11-14-13-8-6-5-7-12(13)10-16(2,3)18(14)15(17)19/h4-8,11,20H,1,9-10H2,2-3H3/t17-/m1/s1. The van der Waals surface area contributed by atoms with Crippen molar-refractivity contribution in [2.75, 3.05) is 0 Å². The zero-order chi connectivity index (χ0) is 14.5. The van der Waals surface area contributed by atoms with Crippen LogP contribution in [0.15, 0.2) is 43.0 Å². The zero-order valence-corrected chi connectivity index (χ0v) is 11.9. The lowest BCUT2D eigenvalue weighted by atomic mass is 9.84. The Hall–Kier alpha value is -1.87. The summed E-state index contributed by atoms with van der Waals surface area (Å²) in [5.41, 5.74) is 1.30. The second kappa shape index (κ2) is 4.06. The van der Waals surface area contributed by atoms with Crippen LogP contribution in [-0.4, -0.2) is 27.1 Å². The first-order valence-electron chi connectivity index (χ1n) is 6.88. The summed E-state index contributed by atoms with van der Waals surface area (Å²) in [6.07, 6.45) is 4.31. The highest BCUT2D eigenvalue weighted by Gasteiger charge is 2.51. The Morgan fingerprint density at radius 2 is 2.10 bits per heavy atom. The van der Waals surface area contributed by atoms with Crippen LogP contribution in [0.5, 0.6) is 0 Å².